The zero-order valence-corrected chi connectivity index (χ0v) is 16.5. The van der Waals surface area contributed by atoms with Crippen LogP contribution in [0.2, 0.25) is 0 Å². The number of aromatic nitrogens is 4. The molecule has 8 nitrogen and oxygen atoms in total. The van der Waals surface area contributed by atoms with Crippen LogP contribution >= 0.6 is 0 Å². The second kappa shape index (κ2) is 13.7. The van der Waals surface area contributed by atoms with Gasteiger partial charge < -0.3 is 15.3 Å². The maximum absolute atomic E-state index is 8.25. The van der Waals surface area contributed by atoms with E-state index in [1.54, 1.807) is 24.8 Å². The minimum Gasteiger partial charge on any atom is -0.356 e. The first-order valence-corrected chi connectivity index (χ1v) is 8.13. The molecule has 0 amide bonds. The first kappa shape index (κ1) is 23.6. The Balaban J connectivity index is 0.000000239. The number of nitrogens with zero attached hydrogens (tertiary/aromatic N) is 5. The van der Waals surface area contributed by atoms with Gasteiger partial charge in [-0.15, -0.1) is 0 Å². The van der Waals surface area contributed by atoms with Gasteiger partial charge in [-0.2, -0.15) is 0 Å². The number of hydrogen-bond acceptors (Lipinski definition) is 7. The van der Waals surface area contributed by atoms with Crippen LogP contribution in [0.4, 0.5) is 0 Å². The van der Waals surface area contributed by atoms with Crippen LogP contribution in [0.15, 0.2) is 97.6 Å². The molecule has 0 fully saturated rings. The Hall–Kier alpha value is -3.46. The molecule has 0 aliphatic carbocycles. The van der Waals surface area contributed by atoms with Crippen LogP contribution in [0, 0.1) is 15.3 Å². The first-order chi connectivity index (χ1) is 13.7. The van der Waals surface area contributed by atoms with Gasteiger partial charge in [-0.05, 0) is 48.5 Å². The topological polar surface area (TPSA) is 118 Å². The van der Waals surface area contributed by atoms with E-state index in [4.69, 9.17) is 15.3 Å². The molecule has 0 aliphatic rings. The zero-order chi connectivity index (χ0) is 20.0. The van der Waals surface area contributed by atoms with E-state index in [-0.39, 0.29) is 22.4 Å². The van der Waals surface area contributed by atoms with Gasteiger partial charge in [0.15, 0.2) is 0 Å². The second-order valence-electron chi connectivity index (χ2n) is 5.08. The van der Waals surface area contributed by atoms with E-state index in [1.807, 2.05) is 72.8 Å². The van der Waals surface area contributed by atoms with E-state index in [2.05, 4.69) is 19.9 Å². The van der Waals surface area contributed by atoms with Crippen LogP contribution in [0.25, 0.3) is 22.8 Å². The van der Waals surface area contributed by atoms with Crippen molar-refractivity contribution in [2.45, 2.75) is 0 Å². The maximum Gasteiger partial charge on any atom is 1.00 e. The number of rotatable bonds is 2. The fourth-order valence-electron chi connectivity index (χ4n) is 2.06. The normalized spacial score (nSPS) is 8.83. The molecule has 150 valence electrons. The monoisotopic (exact) mass is 481 g/mol. The second-order valence-corrected chi connectivity index (χ2v) is 5.08. The van der Waals surface area contributed by atoms with Crippen molar-refractivity contribution in [3.63, 3.8) is 0 Å². The predicted octanol–water partition coefficient (Wildman–Crippen LogP) is 4.05. The van der Waals surface area contributed by atoms with Crippen LogP contribution in [-0.4, -0.2) is 25.0 Å². The quantitative estimate of drug-likeness (QED) is 0.240. The van der Waals surface area contributed by atoms with Gasteiger partial charge in [-0.3, -0.25) is 19.9 Å². The Morgan fingerprint density at radius 1 is 0.517 bits per heavy atom. The molecule has 4 rings (SSSR count). The maximum atomic E-state index is 8.25. The standard InChI is InChI=1S/2C10H8N2.Ag.NO3/c2*1-3-7-11-9(5-1)10-6-2-4-8-12-10;;2-1(3)4/h2*1-8H;;/q;;+1;-1. The SMILES string of the molecule is O=[N+]([O-])[O-].[Ag+].c1ccc(-c2ccccn2)nc1.c1ccc(-c2ccccn2)nc1. The summed E-state index contributed by atoms with van der Waals surface area (Å²) in [7, 11) is 0. The van der Waals surface area contributed by atoms with E-state index in [1.165, 1.54) is 0 Å². The van der Waals surface area contributed by atoms with Gasteiger partial charge in [0.05, 0.1) is 27.9 Å². The van der Waals surface area contributed by atoms with Crippen LogP contribution in [0.5, 0.6) is 0 Å². The minimum absolute atomic E-state index is 0. The summed E-state index contributed by atoms with van der Waals surface area (Å²) in [5, 5.41) is 14.8. The van der Waals surface area contributed by atoms with Crippen molar-refractivity contribution in [1.29, 1.82) is 0 Å². The molecule has 0 bridgehead atoms. The third-order valence-electron chi connectivity index (χ3n) is 3.18. The van der Waals surface area contributed by atoms with E-state index in [0.717, 1.165) is 22.8 Å². The van der Waals surface area contributed by atoms with Crippen LogP contribution in [0.3, 0.4) is 0 Å². The summed E-state index contributed by atoms with van der Waals surface area (Å²) >= 11 is 0. The Labute approximate surface area is 183 Å². The molecule has 4 aromatic rings. The van der Waals surface area contributed by atoms with E-state index >= 15 is 0 Å². The average Bonchev–Trinajstić information content (AvgIpc) is 2.76. The molecule has 0 N–H and O–H groups in total. The fraction of sp³-hybridized carbons (Fsp3) is 0. The van der Waals surface area contributed by atoms with Gasteiger partial charge >= 0.3 is 22.4 Å². The van der Waals surface area contributed by atoms with Crippen molar-refractivity contribution >= 4 is 0 Å². The minimum atomic E-state index is -1.75. The van der Waals surface area contributed by atoms with Crippen molar-refractivity contribution < 1.29 is 27.5 Å². The van der Waals surface area contributed by atoms with E-state index in [9.17, 15) is 0 Å². The third kappa shape index (κ3) is 9.34. The van der Waals surface area contributed by atoms with Gasteiger partial charge in [0.2, 0.25) is 0 Å². The molecule has 29 heavy (non-hydrogen) atoms. The number of hydrogen-bond donors (Lipinski definition) is 0. The third-order valence-corrected chi connectivity index (χ3v) is 3.18. The van der Waals surface area contributed by atoms with E-state index in [0.29, 0.717) is 0 Å². The van der Waals surface area contributed by atoms with Crippen molar-refractivity contribution in [3.8, 4) is 22.8 Å². The summed E-state index contributed by atoms with van der Waals surface area (Å²) in [6.45, 7) is 0. The molecular weight excluding hydrogens is 466 g/mol. The summed E-state index contributed by atoms with van der Waals surface area (Å²) in [5.74, 6) is 0. The van der Waals surface area contributed by atoms with Crippen molar-refractivity contribution in [1.82, 2.24) is 19.9 Å². The Kier molecular flexibility index (Phi) is 11.1. The molecule has 0 unspecified atom stereocenters. The van der Waals surface area contributed by atoms with Crippen molar-refractivity contribution in [3.05, 3.63) is 113 Å². The predicted molar refractivity (Wildman–Crippen MR) is 105 cm³/mol. The van der Waals surface area contributed by atoms with E-state index < -0.39 is 5.09 Å². The Morgan fingerprint density at radius 3 is 0.862 bits per heavy atom. The molecular formula is C20H16AgN5O3. The molecule has 0 aliphatic heterocycles. The summed E-state index contributed by atoms with van der Waals surface area (Å²) in [6.07, 6.45) is 7.07. The Morgan fingerprint density at radius 2 is 0.724 bits per heavy atom. The largest absolute Gasteiger partial charge is 1.00 e. The van der Waals surface area contributed by atoms with Gasteiger partial charge in [0.1, 0.15) is 0 Å². The van der Waals surface area contributed by atoms with Crippen molar-refractivity contribution in [2.24, 2.45) is 0 Å². The summed E-state index contributed by atoms with van der Waals surface area (Å²) < 4.78 is 0. The fourth-order valence-corrected chi connectivity index (χ4v) is 2.06. The summed E-state index contributed by atoms with van der Waals surface area (Å²) in [5.41, 5.74) is 3.66. The molecule has 0 saturated carbocycles. The van der Waals surface area contributed by atoms with Gasteiger partial charge in [-0.25, -0.2) is 0 Å². The van der Waals surface area contributed by atoms with Gasteiger partial charge in [0.25, 0.3) is 0 Å². The molecule has 0 radical (unpaired) electrons. The molecule has 9 heteroatoms. The number of pyridine rings is 4. The summed E-state index contributed by atoms with van der Waals surface area (Å²) in [6, 6.07) is 23.2. The van der Waals surface area contributed by atoms with Gasteiger partial charge in [0, 0.05) is 24.8 Å². The summed E-state index contributed by atoms with van der Waals surface area (Å²) in [4.78, 5) is 25.0. The van der Waals surface area contributed by atoms with Crippen LogP contribution in [-0.2, 0) is 22.4 Å². The van der Waals surface area contributed by atoms with Crippen molar-refractivity contribution in [2.75, 3.05) is 0 Å². The molecule has 0 saturated heterocycles. The first-order valence-electron chi connectivity index (χ1n) is 8.13. The smallest absolute Gasteiger partial charge is 0.356 e. The molecule has 0 spiro atoms. The average molecular weight is 482 g/mol. The van der Waals surface area contributed by atoms with Crippen LogP contribution in [0.1, 0.15) is 0 Å². The molecule has 4 aromatic heterocycles. The van der Waals surface area contributed by atoms with Gasteiger partial charge in [-0.1, -0.05) is 24.3 Å². The zero-order valence-electron chi connectivity index (χ0n) is 15.0. The molecule has 0 aromatic carbocycles. The molecule has 0 atom stereocenters. The Bertz CT molecular complexity index is 793. The van der Waals surface area contributed by atoms with Crippen LogP contribution < -0.4 is 0 Å². The molecule has 4 heterocycles.